The molecule has 2 heteroatoms. The SMILES string of the molecule is Cc1ccc(/C=C/C(=O)O)cc1-c1cc2c(cc1C)C(C)(C)CCC2(C)C. The van der Waals surface area contributed by atoms with Crippen LogP contribution in [0.15, 0.2) is 36.4 Å². The number of hydrogen-bond donors (Lipinski definition) is 1. The van der Waals surface area contributed by atoms with Gasteiger partial charge >= 0.3 is 5.97 Å². The van der Waals surface area contributed by atoms with Crippen molar-refractivity contribution in [3.8, 4) is 11.1 Å². The van der Waals surface area contributed by atoms with Gasteiger partial charge in [0.15, 0.2) is 0 Å². The van der Waals surface area contributed by atoms with Gasteiger partial charge in [0, 0.05) is 6.08 Å². The lowest BCUT2D eigenvalue weighted by Gasteiger charge is -2.42. The first kappa shape index (κ1) is 19.4. The summed E-state index contributed by atoms with van der Waals surface area (Å²) in [7, 11) is 0. The molecule has 0 bridgehead atoms. The first-order chi connectivity index (χ1) is 12.5. The monoisotopic (exact) mass is 362 g/mol. The summed E-state index contributed by atoms with van der Waals surface area (Å²) in [4.78, 5) is 10.9. The molecule has 2 aromatic rings. The lowest BCUT2D eigenvalue weighted by atomic mass is 9.62. The molecule has 1 aliphatic rings. The predicted octanol–water partition coefficient (Wildman–Crippen LogP) is 6.42. The summed E-state index contributed by atoms with van der Waals surface area (Å²) in [6.45, 7) is 13.7. The third-order valence-electron chi connectivity index (χ3n) is 6.17. The van der Waals surface area contributed by atoms with Crippen LogP contribution in [0.25, 0.3) is 17.2 Å². The van der Waals surface area contributed by atoms with Gasteiger partial charge in [0.25, 0.3) is 0 Å². The van der Waals surface area contributed by atoms with Crippen molar-refractivity contribution in [3.05, 3.63) is 64.2 Å². The normalized spacial score (nSPS) is 17.7. The zero-order valence-corrected chi connectivity index (χ0v) is 17.3. The largest absolute Gasteiger partial charge is 0.478 e. The predicted molar refractivity (Wildman–Crippen MR) is 113 cm³/mol. The summed E-state index contributed by atoms with van der Waals surface area (Å²) in [5.41, 5.74) is 9.13. The van der Waals surface area contributed by atoms with Gasteiger partial charge in [-0.15, -0.1) is 0 Å². The molecule has 0 amide bonds. The molecular weight excluding hydrogens is 332 g/mol. The number of carbonyl (C=O) groups is 1. The molecular formula is C25H30O2. The molecule has 2 aromatic carbocycles. The number of fused-ring (bicyclic) bond motifs is 1. The molecule has 1 N–H and O–H groups in total. The fourth-order valence-electron chi connectivity index (χ4n) is 4.21. The Morgan fingerprint density at radius 3 is 2.04 bits per heavy atom. The standard InChI is InChI=1S/C25H30O2/c1-16-7-8-18(9-10-23(26)27)14-19(16)20-15-22-21(13-17(20)2)24(3,4)11-12-25(22,5)6/h7-10,13-15H,11-12H2,1-6H3,(H,26,27)/b10-9+. The molecule has 0 fully saturated rings. The molecule has 0 aromatic heterocycles. The molecule has 0 unspecified atom stereocenters. The molecule has 2 nitrogen and oxygen atoms in total. The summed E-state index contributed by atoms with van der Waals surface area (Å²) in [5, 5.41) is 8.91. The first-order valence-electron chi connectivity index (χ1n) is 9.69. The van der Waals surface area contributed by atoms with E-state index < -0.39 is 5.97 Å². The van der Waals surface area contributed by atoms with Crippen molar-refractivity contribution in [2.45, 2.75) is 65.2 Å². The van der Waals surface area contributed by atoms with Crippen LogP contribution < -0.4 is 0 Å². The minimum absolute atomic E-state index is 0.169. The van der Waals surface area contributed by atoms with E-state index in [1.165, 1.54) is 52.3 Å². The summed E-state index contributed by atoms with van der Waals surface area (Å²) in [6.07, 6.45) is 5.25. The highest BCUT2D eigenvalue weighted by molar-refractivity contribution is 5.86. The molecule has 27 heavy (non-hydrogen) atoms. The Kier molecular flexibility index (Phi) is 4.80. The highest BCUT2D eigenvalue weighted by atomic mass is 16.4. The highest BCUT2D eigenvalue weighted by Crippen LogP contribution is 2.47. The van der Waals surface area contributed by atoms with Crippen LogP contribution in [-0.4, -0.2) is 11.1 Å². The van der Waals surface area contributed by atoms with E-state index in [-0.39, 0.29) is 10.8 Å². The van der Waals surface area contributed by atoms with Crippen molar-refractivity contribution in [1.29, 1.82) is 0 Å². The maximum absolute atomic E-state index is 10.9. The molecule has 0 radical (unpaired) electrons. The van der Waals surface area contributed by atoms with Gasteiger partial charge in [-0.05, 0) is 88.6 Å². The van der Waals surface area contributed by atoms with Crippen LogP contribution in [0.1, 0.15) is 68.4 Å². The summed E-state index contributed by atoms with van der Waals surface area (Å²) in [6, 6.07) is 10.9. The van der Waals surface area contributed by atoms with E-state index in [2.05, 4.69) is 65.8 Å². The quantitative estimate of drug-likeness (QED) is 0.640. The van der Waals surface area contributed by atoms with Crippen LogP contribution in [0, 0.1) is 13.8 Å². The molecule has 0 spiro atoms. The number of carboxylic acid groups (broad SMARTS) is 1. The summed E-state index contributed by atoms with van der Waals surface area (Å²) < 4.78 is 0. The number of benzene rings is 2. The number of aliphatic carboxylic acids is 1. The Balaban J connectivity index is 2.19. The van der Waals surface area contributed by atoms with E-state index in [1.54, 1.807) is 6.08 Å². The molecule has 0 atom stereocenters. The highest BCUT2D eigenvalue weighted by Gasteiger charge is 2.37. The van der Waals surface area contributed by atoms with Crippen LogP contribution in [-0.2, 0) is 15.6 Å². The second-order valence-corrected chi connectivity index (χ2v) is 9.23. The molecule has 3 rings (SSSR count). The zero-order valence-electron chi connectivity index (χ0n) is 17.3. The van der Waals surface area contributed by atoms with Crippen molar-refractivity contribution in [3.63, 3.8) is 0 Å². The van der Waals surface area contributed by atoms with E-state index in [0.717, 1.165) is 5.56 Å². The Hall–Kier alpha value is -2.35. The molecule has 0 aliphatic heterocycles. The second kappa shape index (κ2) is 6.67. The van der Waals surface area contributed by atoms with Crippen LogP contribution in [0.5, 0.6) is 0 Å². The second-order valence-electron chi connectivity index (χ2n) is 9.23. The summed E-state index contributed by atoms with van der Waals surface area (Å²) >= 11 is 0. The van der Waals surface area contributed by atoms with E-state index >= 15 is 0 Å². The Morgan fingerprint density at radius 1 is 0.889 bits per heavy atom. The third-order valence-corrected chi connectivity index (χ3v) is 6.17. The fraction of sp³-hybridized carbons (Fsp3) is 0.400. The smallest absolute Gasteiger partial charge is 0.328 e. The maximum atomic E-state index is 10.9. The number of hydrogen-bond acceptors (Lipinski definition) is 1. The number of rotatable bonds is 3. The lowest BCUT2D eigenvalue weighted by Crippen LogP contribution is -2.34. The topological polar surface area (TPSA) is 37.3 Å². The van der Waals surface area contributed by atoms with Gasteiger partial charge < -0.3 is 5.11 Å². The van der Waals surface area contributed by atoms with Crippen molar-refractivity contribution >= 4 is 12.0 Å². The zero-order chi connectivity index (χ0) is 20.0. The minimum atomic E-state index is -0.925. The fourth-order valence-corrected chi connectivity index (χ4v) is 4.21. The molecule has 0 heterocycles. The van der Waals surface area contributed by atoms with E-state index in [0.29, 0.717) is 0 Å². The van der Waals surface area contributed by atoms with Crippen molar-refractivity contribution in [2.75, 3.05) is 0 Å². The lowest BCUT2D eigenvalue weighted by molar-refractivity contribution is -0.131. The van der Waals surface area contributed by atoms with Gasteiger partial charge in [-0.3, -0.25) is 0 Å². The van der Waals surface area contributed by atoms with Crippen LogP contribution in [0.4, 0.5) is 0 Å². The molecule has 0 saturated heterocycles. The van der Waals surface area contributed by atoms with Gasteiger partial charge in [0.2, 0.25) is 0 Å². The van der Waals surface area contributed by atoms with Gasteiger partial charge in [0.1, 0.15) is 0 Å². The van der Waals surface area contributed by atoms with Gasteiger partial charge in [-0.25, -0.2) is 4.79 Å². The van der Waals surface area contributed by atoms with Crippen LogP contribution in [0.2, 0.25) is 0 Å². The Morgan fingerprint density at radius 2 is 1.44 bits per heavy atom. The minimum Gasteiger partial charge on any atom is -0.478 e. The van der Waals surface area contributed by atoms with E-state index in [1.807, 2.05) is 6.07 Å². The molecule has 1 aliphatic carbocycles. The first-order valence-corrected chi connectivity index (χ1v) is 9.69. The van der Waals surface area contributed by atoms with Crippen molar-refractivity contribution in [1.82, 2.24) is 0 Å². The Bertz CT molecular complexity index is 930. The Labute approximate surface area is 162 Å². The molecule has 142 valence electrons. The average molecular weight is 363 g/mol. The number of carboxylic acids is 1. The average Bonchev–Trinajstić information content (AvgIpc) is 2.58. The molecule has 0 saturated carbocycles. The van der Waals surface area contributed by atoms with Crippen LogP contribution >= 0.6 is 0 Å². The van der Waals surface area contributed by atoms with E-state index in [9.17, 15) is 4.79 Å². The van der Waals surface area contributed by atoms with Gasteiger partial charge in [-0.1, -0.05) is 52.0 Å². The van der Waals surface area contributed by atoms with Crippen LogP contribution in [0.3, 0.4) is 0 Å². The third kappa shape index (κ3) is 3.71. The van der Waals surface area contributed by atoms with E-state index in [4.69, 9.17) is 5.11 Å². The summed E-state index contributed by atoms with van der Waals surface area (Å²) in [5.74, 6) is -0.925. The van der Waals surface area contributed by atoms with Gasteiger partial charge in [0.05, 0.1) is 0 Å². The van der Waals surface area contributed by atoms with Gasteiger partial charge in [-0.2, -0.15) is 0 Å². The maximum Gasteiger partial charge on any atom is 0.328 e. The van der Waals surface area contributed by atoms with Crippen molar-refractivity contribution in [2.24, 2.45) is 0 Å². The van der Waals surface area contributed by atoms with Crippen molar-refractivity contribution < 1.29 is 9.90 Å². The number of aryl methyl sites for hydroxylation is 2.